The van der Waals surface area contributed by atoms with Crippen molar-refractivity contribution in [2.24, 2.45) is 0 Å². The van der Waals surface area contributed by atoms with E-state index in [0.717, 1.165) is 0 Å². The molecule has 0 saturated carbocycles. The van der Waals surface area contributed by atoms with Gasteiger partial charge in [-0.1, -0.05) is 0 Å². The van der Waals surface area contributed by atoms with E-state index in [4.69, 9.17) is 0 Å². The van der Waals surface area contributed by atoms with Crippen LogP contribution in [0.4, 0.5) is 70.2 Å². The molecule has 17 heteroatoms. The summed E-state index contributed by atoms with van der Waals surface area (Å²) < 4.78 is 199. The van der Waals surface area contributed by atoms with Gasteiger partial charge in [0.2, 0.25) is 6.17 Å². The second kappa shape index (κ2) is 5.87. The van der Waals surface area contributed by atoms with Crippen LogP contribution in [0.3, 0.4) is 0 Å². The molecule has 0 aromatic rings. The fraction of sp³-hybridized carbons (Fsp3) is 1.00. The first-order chi connectivity index (χ1) is 10.4. The summed E-state index contributed by atoms with van der Waals surface area (Å²) in [5.74, 6) is -40.4. The number of hydrogen-bond acceptors (Lipinski definition) is 0. The molecule has 0 bridgehead atoms. The summed E-state index contributed by atoms with van der Waals surface area (Å²) in [7, 11) is 0. The lowest BCUT2D eigenvalue weighted by molar-refractivity contribution is -0.444. The fourth-order valence-corrected chi connectivity index (χ4v) is 1.30. The average molecular weight is 433 g/mol. The van der Waals surface area contributed by atoms with Gasteiger partial charge in [0.15, 0.2) is 0 Å². The topological polar surface area (TPSA) is 0 Å². The summed E-state index contributed by atoms with van der Waals surface area (Å²) in [5.41, 5.74) is 0. The zero-order valence-electron chi connectivity index (χ0n) is 10.5. The van der Waals surface area contributed by atoms with Crippen LogP contribution in [0.25, 0.3) is 0 Å². The number of halogens is 16. The molecule has 0 aliphatic rings. The molecule has 25 heavy (non-hydrogen) atoms. The van der Waals surface area contributed by atoms with Gasteiger partial charge in [0.05, 0.1) is 0 Å². The van der Waals surface area contributed by atoms with Crippen LogP contribution in [0.1, 0.15) is 0 Å². The molecular weight excluding hydrogens is 432 g/mol. The predicted octanol–water partition coefficient (Wildman–Crippen LogP) is 5.85. The normalized spacial score (nSPS) is 17.6. The summed E-state index contributed by atoms with van der Waals surface area (Å²) in [5, 5.41) is -6.00. The van der Waals surface area contributed by atoms with Crippen molar-refractivity contribution in [1.29, 1.82) is 0 Å². The second-order valence-corrected chi connectivity index (χ2v) is 4.89. The summed E-state index contributed by atoms with van der Waals surface area (Å²) in [4.78, 5) is 0. The van der Waals surface area contributed by atoms with E-state index in [1.807, 2.05) is 0 Å². The Balaban J connectivity index is 6.40. The first kappa shape index (κ1) is 24.2. The smallest absolute Gasteiger partial charge is 0.233 e. The molecule has 0 aromatic carbocycles. The molecular formula is C8HF16S. The van der Waals surface area contributed by atoms with E-state index < -0.39 is 47.2 Å². The summed E-state index contributed by atoms with van der Waals surface area (Å²) >= 11 is 2.59. The van der Waals surface area contributed by atoms with Crippen molar-refractivity contribution in [1.82, 2.24) is 0 Å². The van der Waals surface area contributed by atoms with E-state index in [-0.39, 0.29) is 0 Å². The van der Waals surface area contributed by atoms with Crippen LogP contribution in [-0.4, -0.2) is 47.2 Å². The minimum absolute atomic E-state index is 2.59. The second-order valence-electron chi connectivity index (χ2n) is 4.34. The van der Waals surface area contributed by atoms with Gasteiger partial charge in [-0.3, -0.25) is 0 Å². The van der Waals surface area contributed by atoms with E-state index in [1.165, 1.54) is 0 Å². The third kappa shape index (κ3) is 3.31. The van der Waals surface area contributed by atoms with Gasteiger partial charge in [0.1, 0.15) is 0 Å². The Kier molecular flexibility index (Phi) is 5.69. The molecule has 0 heterocycles. The van der Waals surface area contributed by atoms with Crippen LogP contribution in [-0.2, 0) is 0 Å². The first-order valence-electron chi connectivity index (χ1n) is 5.08. The standard InChI is InChI=1S/C8HF16S/c9-1(3(12,13)25)2(10,11)4(14,15)5(16,17)6(18,19)7(20,21)8(22,23)24/h1H. The fourth-order valence-electron chi connectivity index (χ4n) is 1.15. The number of hydrogen-bond donors (Lipinski definition) is 0. The van der Waals surface area contributed by atoms with Crippen molar-refractivity contribution in [2.45, 2.75) is 47.2 Å². The molecule has 0 saturated heterocycles. The molecule has 0 spiro atoms. The van der Waals surface area contributed by atoms with E-state index in [2.05, 4.69) is 12.6 Å². The Morgan fingerprint density at radius 3 is 1.00 bits per heavy atom. The van der Waals surface area contributed by atoms with E-state index >= 15 is 0 Å². The van der Waals surface area contributed by atoms with Gasteiger partial charge in [-0.25, -0.2) is 4.39 Å². The first-order valence-corrected chi connectivity index (χ1v) is 5.49. The molecule has 0 aromatic heterocycles. The molecule has 1 unspecified atom stereocenters. The zero-order valence-corrected chi connectivity index (χ0v) is 11.3. The molecule has 1 radical (unpaired) electrons. The summed E-state index contributed by atoms with van der Waals surface area (Å²) in [6, 6.07) is 0. The molecule has 151 valence electrons. The maximum absolute atomic E-state index is 12.9. The van der Waals surface area contributed by atoms with E-state index in [1.54, 1.807) is 0 Å². The molecule has 0 nitrogen and oxygen atoms in total. The SMILES string of the molecule is FC(C(F)(F)[S])C(F)(F)C(F)(F)C(F)(F)C(F)(F)C(F)(F)C(F)(F)F. The van der Waals surface area contributed by atoms with E-state index in [0.29, 0.717) is 0 Å². The Morgan fingerprint density at radius 2 is 0.760 bits per heavy atom. The van der Waals surface area contributed by atoms with Crippen molar-refractivity contribution in [2.75, 3.05) is 0 Å². The monoisotopic (exact) mass is 433 g/mol. The average Bonchev–Trinajstić information content (AvgIpc) is 2.34. The molecule has 0 aliphatic carbocycles. The van der Waals surface area contributed by atoms with Crippen molar-refractivity contribution in [3.63, 3.8) is 0 Å². The molecule has 0 rings (SSSR count). The van der Waals surface area contributed by atoms with Gasteiger partial charge >= 0.3 is 41.0 Å². The van der Waals surface area contributed by atoms with Crippen molar-refractivity contribution >= 4 is 12.6 Å². The number of alkyl halides is 16. The maximum atomic E-state index is 12.9. The van der Waals surface area contributed by atoms with Gasteiger partial charge in [-0.15, -0.1) is 0 Å². The van der Waals surface area contributed by atoms with Crippen LogP contribution < -0.4 is 0 Å². The molecule has 0 amide bonds. The van der Waals surface area contributed by atoms with Crippen LogP contribution in [0.2, 0.25) is 0 Å². The Morgan fingerprint density at radius 1 is 0.480 bits per heavy atom. The van der Waals surface area contributed by atoms with Crippen LogP contribution in [0.5, 0.6) is 0 Å². The van der Waals surface area contributed by atoms with Crippen LogP contribution in [0, 0.1) is 0 Å². The van der Waals surface area contributed by atoms with Gasteiger partial charge in [-0.2, -0.15) is 65.9 Å². The lowest BCUT2D eigenvalue weighted by atomic mass is 9.92. The summed E-state index contributed by atoms with van der Waals surface area (Å²) in [6.45, 7) is 0. The van der Waals surface area contributed by atoms with Gasteiger partial charge in [-0.05, 0) is 12.6 Å². The van der Waals surface area contributed by atoms with E-state index in [9.17, 15) is 70.2 Å². The van der Waals surface area contributed by atoms with Crippen molar-refractivity contribution in [3.8, 4) is 0 Å². The van der Waals surface area contributed by atoms with Crippen molar-refractivity contribution < 1.29 is 70.2 Å². The predicted molar refractivity (Wildman–Crippen MR) is 48.2 cm³/mol. The Hall–Kier alpha value is -0.770. The third-order valence-corrected chi connectivity index (χ3v) is 2.78. The third-order valence-electron chi connectivity index (χ3n) is 2.57. The maximum Gasteiger partial charge on any atom is 0.460 e. The summed E-state index contributed by atoms with van der Waals surface area (Å²) in [6.07, 6.45) is -13.5. The zero-order chi connectivity index (χ0) is 21.1. The quantitative estimate of drug-likeness (QED) is 0.461. The Bertz CT molecular complexity index is 483. The van der Waals surface area contributed by atoms with Gasteiger partial charge < -0.3 is 0 Å². The molecule has 0 aliphatic heterocycles. The highest BCUT2D eigenvalue weighted by Gasteiger charge is 2.92. The highest BCUT2D eigenvalue weighted by molar-refractivity contribution is 7.81. The number of rotatable bonds is 6. The minimum atomic E-state index is -8.34. The molecule has 0 fully saturated rings. The lowest BCUT2D eigenvalue weighted by Gasteiger charge is -2.40. The van der Waals surface area contributed by atoms with Crippen molar-refractivity contribution in [3.05, 3.63) is 0 Å². The molecule has 0 N–H and O–H groups in total. The largest absolute Gasteiger partial charge is 0.460 e. The highest BCUT2D eigenvalue weighted by atomic mass is 32.1. The van der Waals surface area contributed by atoms with Gasteiger partial charge in [0, 0.05) is 0 Å². The van der Waals surface area contributed by atoms with Gasteiger partial charge in [0.25, 0.3) is 0 Å². The lowest BCUT2D eigenvalue weighted by Crippen LogP contribution is -2.72. The highest BCUT2D eigenvalue weighted by Crippen LogP contribution is 2.61. The minimum Gasteiger partial charge on any atom is -0.233 e. The Labute approximate surface area is 131 Å². The van der Waals surface area contributed by atoms with Crippen LogP contribution in [0.15, 0.2) is 0 Å². The molecule has 1 atom stereocenters. The van der Waals surface area contributed by atoms with Crippen LogP contribution >= 0.6 is 12.6 Å².